The molecule has 3 amide bonds. The number of hydrogen-bond acceptors (Lipinski definition) is 6. The van der Waals surface area contributed by atoms with Gasteiger partial charge in [0.25, 0.3) is 6.47 Å². The van der Waals surface area contributed by atoms with Crippen LogP contribution in [0.3, 0.4) is 0 Å². The molecule has 0 aliphatic carbocycles. The van der Waals surface area contributed by atoms with Gasteiger partial charge in [-0.15, -0.1) is 0 Å². The van der Waals surface area contributed by atoms with Crippen LogP contribution in [0.15, 0.2) is 12.5 Å². The molecule has 0 aliphatic heterocycles. The molecule has 0 saturated carbocycles. The molecular weight excluding hydrogens is 402 g/mol. The Morgan fingerprint density at radius 3 is 2.16 bits per heavy atom. The fraction of sp³-hybridized carbons (Fsp3) is 0.667. The maximum absolute atomic E-state index is 11.1. The van der Waals surface area contributed by atoms with Gasteiger partial charge in [-0.25, -0.2) is 4.98 Å². The topological polar surface area (TPSA) is 133 Å². The zero-order valence-electron chi connectivity index (χ0n) is 19.9. The number of carbonyl (C=O) groups is 4. The lowest BCUT2D eigenvalue weighted by molar-refractivity contribution is -0.138. The van der Waals surface area contributed by atoms with Gasteiger partial charge in [0.1, 0.15) is 0 Å². The highest BCUT2D eigenvalue weighted by molar-refractivity contribution is 5.77. The lowest BCUT2D eigenvalue weighted by Gasteiger charge is -2.15. The predicted octanol–water partition coefficient (Wildman–Crippen LogP) is 1.63. The van der Waals surface area contributed by atoms with Crippen LogP contribution in [0.1, 0.15) is 60.1 Å². The van der Waals surface area contributed by atoms with E-state index in [0.717, 1.165) is 18.8 Å². The molecule has 0 bridgehead atoms. The lowest BCUT2D eigenvalue weighted by atomic mass is 10.2. The molecule has 10 nitrogen and oxygen atoms in total. The maximum Gasteiger partial charge on any atom is 0.295 e. The number of imidazole rings is 1. The summed E-state index contributed by atoms with van der Waals surface area (Å²) in [5, 5.41) is 5.27. The number of carbonyl (C=O) groups excluding carboxylic acids is 4. The molecule has 1 aromatic rings. The molecule has 1 aromatic heterocycles. The first-order valence-electron chi connectivity index (χ1n) is 10.5. The second kappa shape index (κ2) is 19.1. The molecule has 178 valence electrons. The van der Waals surface area contributed by atoms with Crippen molar-refractivity contribution in [1.82, 2.24) is 25.5 Å². The highest BCUT2D eigenvalue weighted by atomic mass is 16.5. The number of ether oxygens (including phenoxy) is 1. The second-order valence-electron chi connectivity index (χ2n) is 6.73. The Hall–Kier alpha value is -2.91. The average molecular weight is 442 g/mol. The van der Waals surface area contributed by atoms with E-state index in [0.29, 0.717) is 25.7 Å². The molecule has 0 spiro atoms. The molecule has 31 heavy (non-hydrogen) atoms. The van der Waals surface area contributed by atoms with E-state index < -0.39 is 6.23 Å². The molecule has 3 N–H and O–H groups in total. The van der Waals surface area contributed by atoms with E-state index in [2.05, 4.69) is 20.6 Å². The number of amides is 3. The quantitative estimate of drug-likeness (QED) is 0.373. The minimum Gasteiger partial charge on any atom is -0.443 e. The SMILES string of the molecule is CCC(=O)N(C)CC.CCC(=O)NC(Cc1cnc[nH]1)OC=O.CCNC(=O)C(C)C. The van der Waals surface area contributed by atoms with Crippen LogP contribution in [-0.2, 0) is 30.3 Å². The zero-order valence-corrected chi connectivity index (χ0v) is 19.9. The van der Waals surface area contributed by atoms with Crippen LogP contribution in [-0.4, -0.2) is 65.4 Å². The van der Waals surface area contributed by atoms with E-state index >= 15 is 0 Å². The molecular formula is C21H39N5O5. The Labute approximate surface area is 185 Å². The third kappa shape index (κ3) is 16.6. The van der Waals surface area contributed by atoms with Crippen LogP contribution < -0.4 is 10.6 Å². The van der Waals surface area contributed by atoms with Crippen molar-refractivity contribution in [2.75, 3.05) is 20.1 Å². The molecule has 1 atom stereocenters. The highest BCUT2D eigenvalue weighted by Gasteiger charge is 2.13. The number of nitrogens with zero attached hydrogens (tertiary/aromatic N) is 2. The van der Waals surface area contributed by atoms with Crippen molar-refractivity contribution in [3.63, 3.8) is 0 Å². The minimum absolute atomic E-state index is 0.120. The first-order valence-corrected chi connectivity index (χ1v) is 10.5. The van der Waals surface area contributed by atoms with Crippen molar-refractivity contribution in [3.05, 3.63) is 18.2 Å². The van der Waals surface area contributed by atoms with E-state index in [1.807, 2.05) is 41.7 Å². The van der Waals surface area contributed by atoms with Crippen molar-refractivity contribution in [1.29, 1.82) is 0 Å². The van der Waals surface area contributed by atoms with Crippen LogP contribution in [0.25, 0.3) is 0 Å². The number of rotatable bonds is 10. The summed E-state index contributed by atoms with van der Waals surface area (Å²) in [5.74, 6) is 0.302. The van der Waals surface area contributed by atoms with Gasteiger partial charge < -0.3 is 25.3 Å². The molecule has 0 aliphatic rings. The summed E-state index contributed by atoms with van der Waals surface area (Å²) in [5.41, 5.74) is 0.790. The van der Waals surface area contributed by atoms with E-state index in [9.17, 15) is 19.2 Å². The number of H-pyrrole nitrogens is 1. The molecule has 0 fully saturated rings. The van der Waals surface area contributed by atoms with Crippen molar-refractivity contribution < 1.29 is 23.9 Å². The number of aromatic amines is 1. The molecule has 0 aromatic carbocycles. The lowest BCUT2D eigenvalue weighted by Crippen LogP contribution is -2.38. The molecule has 1 unspecified atom stereocenters. The molecule has 0 radical (unpaired) electrons. The number of nitrogens with one attached hydrogen (secondary N) is 3. The summed E-state index contributed by atoms with van der Waals surface area (Å²) >= 11 is 0. The van der Waals surface area contributed by atoms with E-state index in [1.165, 1.54) is 6.33 Å². The third-order valence-corrected chi connectivity index (χ3v) is 3.90. The monoisotopic (exact) mass is 441 g/mol. The molecule has 0 saturated heterocycles. The maximum atomic E-state index is 11.1. The zero-order chi connectivity index (χ0) is 24.2. The van der Waals surface area contributed by atoms with Crippen molar-refractivity contribution in [3.8, 4) is 0 Å². The molecule has 10 heteroatoms. The minimum atomic E-state index is -0.643. The standard InChI is InChI=1S/C9H13N3O3.2C6H13NO/c1-2-8(14)12-9(15-6-13)3-7-4-10-5-11-7;1-4-6(8)7(3)5-2;1-4-7-6(8)5(2)3/h4-6,9H,2-3H2,1H3,(H,10,11)(H,12,14);4-5H2,1-3H3;5H,4H2,1-3H3,(H,7,8). The predicted molar refractivity (Wildman–Crippen MR) is 119 cm³/mol. The first-order chi connectivity index (χ1) is 14.7. The summed E-state index contributed by atoms with van der Waals surface area (Å²) in [6.45, 7) is 13.1. The highest BCUT2D eigenvalue weighted by Crippen LogP contribution is 1.99. The van der Waals surface area contributed by atoms with Crippen molar-refractivity contribution in [2.45, 2.75) is 67.0 Å². The fourth-order valence-corrected chi connectivity index (χ4v) is 1.90. The Morgan fingerprint density at radius 2 is 1.84 bits per heavy atom. The molecule has 1 rings (SSSR count). The average Bonchev–Trinajstić information content (AvgIpc) is 3.26. The third-order valence-electron chi connectivity index (χ3n) is 3.90. The first kappa shape index (κ1) is 30.3. The Bertz CT molecular complexity index is 618. The fourth-order valence-electron chi connectivity index (χ4n) is 1.90. The van der Waals surface area contributed by atoms with E-state index in [1.54, 1.807) is 18.0 Å². The van der Waals surface area contributed by atoms with Gasteiger partial charge in [-0.1, -0.05) is 27.7 Å². The number of aromatic nitrogens is 2. The van der Waals surface area contributed by atoms with Crippen molar-refractivity contribution >= 4 is 24.2 Å². The van der Waals surface area contributed by atoms with Crippen molar-refractivity contribution in [2.24, 2.45) is 5.92 Å². The van der Waals surface area contributed by atoms with Crippen LogP contribution in [0, 0.1) is 5.92 Å². The largest absolute Gasteiger partial charge is 0.443 e. The second-order valence-corrected chi connectivity index (χ2v) is 6.73. The van der Waals surface area contributed by atoms with Gasteiger partial charge in [-0.2, -0.15) is 0 Å². The van der Waals surface area contributed by atoms with Gasteiger partial charge in [0.15, 0.2) is 6.23 Å². The van der Waals surface area contributed by atoms with Crippen LogP contribution in [0.5, 0.6) is 0 Å². The number of hydrogen-bond donors (Lipinski definition) is 3. The van der Waals surface area contributed by atoms with Gasteiger partial charge >= 0.3 is 0 Å². The van der Waals surface area contributed by atoms with E-state index in [-0.39, 0.29) is 23.6 Å². The van der Waals surface area contributed by atoms with Crippen LogP contribution in [0.2, 0.25) is 0 Å². The molecule has 1 heterocycles. The van der Waals surface area contributed by atoms with Gasteiger partial charge in [0.05, 0.1) is 6.33 Å². The summed E-state index contributed by atoms with van der Waals surface area (Å²) < 4.78 is 4.73. The van der Waals surface area contributed by atoms with Gasteiger partial charge in [-0.3, -0.25) is 19.2 Å². The smallest absolute Gasteiger partial charge is 0.295 e. The van der Waals surface area contributed by atoms with Gasteiger partial charge in [0.2, 0.25) is 17.7 Å². The Kier molecular flexibility index (Phi) is 18.6. The summed E-state index contributed by atoms with van der Waals surface area (Å²) in [7, 11) is 1.81. The van der Waals surface area contributed by atoms with Crippen LogP contribution in [0.4, 0.5) is 0 Å². The van der Waals surface area contributed by atoms with E-state index in [4.69, 9.17) is 4.74 Å². The van der Waals surface area contributed by atoms with Gasteiger partial charge in [-0.05, 0) is 13.8 Å². The van der Waals surface area contributed by atoms with Crippen LogP contribution >= 0.6 is 0 Å². The Balaban J connectivity index is 0. The summed E-state index contributed by atoms with van der Waals surface area (Å²) in [6.07, 6.45) is 3.83. The normalized spacial score (nSPS) is 10.5. The summed E-state index contributed by atoms with van der Waals surface area (Å²) in [6, 6.07) is 0. The Morgan fingerprint density at radius 1 is 1.19 bits per heavy atom. The van der Waals surface area contributed by atoms with Gasteiger partial charge in [0, 0.05) is 57.2 Å². The summed E-state index contributed by atoms with van der Waals surface area (Å²) in [4.78, 5) is 51.0.